The van der Waals surface area contributed by atoms with Gasteiger partial charge in [-0.15, -0.1) is 0 Å². The van der Waals surface area contributed by atoms with Gasteiger partial charge in [-0.25, -0.2) is 4.79 Å². The summed E-state index contributed by atoms with van der Waals surface area (Å²) in [7, 11) is 3.13. The Labute approximate surface area is 109 Å². The highest BCUT2D eigenvalue weighted by molar-refractivity contribution is 5.85. The number of carbonyl (C=O) groups excluding carboxylic acids is 2. The minimum Gasteiger partial charge on any atom is -0.467 e. The standard InChI is InChI=1S/C12H25N3O3/c1-9(2)7-10(12(17)18-4)14-11(16)8-15(3)6-5-13/h9-10H,5-8,13H2,1-4H3,(H,14,16). The van der Waals surface area contributed by atoms with Gasteiger partial charge >= 0.3 is 5.97 Å². The second kappa shape index (κ2) is 8.88. The molecule has 0 aromatic heterocycles. The molecule has 0 heterocycles. The van der Waals surface area contributed by atoms with Crippen LogP contribution in [0.15, 0.2) is 0 Å². The Hall–Kier alpha value is -1.14. The van der Waals surface area contributed by atoms with Gasteiger partial charge in [0.2, 0.25) is 5.91 Å². The molecule has 6 nitrogen and oxygen atoms in total. The van der Waals surface area contributed by atoms with Gasteiger partial charge in [-0.1, -0.05) is 13.8 Å². The lowest BCUT2D eigenvalue weighted by Crippen LogP contribution is -2.46. The van der Waals surface area contributed by atoms with E-state index >= 15 is 0 Å². The summed E-state index contributed by atoms with van der Waals surface area (Å²) in [4.78, 5) is 25.1. The van der Waals surface area contributed by atoms with Crippen LogP contribution in [0.4, 0.5) is 0 Å². The fourth-order valence-electron chi connectivity index (χ4n) is 1.61. The number of amides is 1. The number of nitrogens with two attached hydrogens (primary N) is 1. The number of carbonyl (C=O) groups is 2. The fourth-order valence-corrected chi connectivity index (χ4v) is 1.61. The van der Waals surface area contributed by atoms with Crippen LogP contribution >= 0.6 is 0 Å². The first kappa shape index (κ1) is 16.9. The molecule has 1 amide bonds. The molecule has 6 heteroatoms. The molecule has 0 aliphatic rings. The molecule has 106 valence electrons. The highest BCUT2D eigenvalue weighted by Gasteiger charge is 2.22. The molecule has 0 bridgehead atoms. The Kier molecular flexibility index (Phi) is 8.32. The van der Waals surface area contributed by atoms with E-state index in [1.54, 1.807) is 4.90 Å². The molecule has 0 radical (unpaired) electrons. The van der Waals surface area contributed by atoms with Crippen molar-refractivity contribution >= 4 is 11.9 Å². The maximum Gasteiger partial charge on any atom is 0.328 e. The zero-order valence-corrected chi connectivity index (χ0v) is 11.7. The van der Waals surface area contributed by atoms with Crippen LogP contribution in [-0.2, 0) is 14.3 Å². The number of methoxy groups -OCH3 is 1. The van der Waals surface area contributed by atoms with Gasteiger partial charge in [0.05, 0.1) is 13.7 Å². The Bertz CT molecular complexity index is 269. The van der Waals surface area contributed by atoms with Gasteiger partial charge in [0.1, 0.15) is 6.04 Å². The quantitative estimate of drug-likeness (QED) is 0.578. The second-order valence-electron chi connectivity index (χ2n) is 4.80. The third-order valence-electron chi connectivity index (χ3n) is 2.45. The summed E-state index contributed by atoms with van der Waals surface area (Å²) < 4.78 is 4.68. The van der Waals surface area contributed by atoms with Crippen molar-refractivity contribution in [1.29, 1.82) is 0 Å². The topological polar surface area (TPSA) is 84.7 Å². The zero-order chi connectivity index (χ0) is 14.1. The molecule has 18 heavy (non-hydrogen) atoms. The first-order valence-corrected chi connectivity index (χ1v) is 6.16. The minimum absolute atomic E-state index is 0.193. The zero-order valence-electron chi connectivity index (χ0n) is 11.7. The van der Waals surface area contributed by atoms with Crippen molar-refractivity contribution in [3.8, 4) is 0 Å². The minimum atomic E-state index is -0.575. The van der Waals surface area contributed by atoms with Crippen LogP contribution in [0.25, 0.3) is 0 Å². The third-order valence-corrected chi connectivity index (χ3v) is 2.45. The molecule has 0 fully saturated rings. The van der Waals surface area contributed by atoms with E-state index in [1.165, 1.54) is 7.11 Å². The van der Waals surface area contributed by atoms with Crippen LogP contribution in [0.1, 0.15) is 20.3 Å². The summed E-state index contributed by atoms with van der Waals surface area (Å²) in [5, 5.41) is 2.69. The molecule has 3 N–H and O–H groups in total. The van der Waals surface area contributed by atoms with Gasteiger partial charge in [0, 0.05) is 13.1 Å². The Balaban J connectivity index is 4.30. The van der Waals surface area contributed by atoms with Gasteiger partial charge in [-0.2, -0.15) is 0 Å². The Morgan fingerprint density at radius 2 is 2.00 bits per heavy atom. The van der Waals surface area contributed by atoms with Crippen molar-refractivity contribution in [3.05, 3.63) is 0 Å². The van der Waals surface area contributed by atoms with Crippen molar-refractivity contribution in [3.63, 3.8) is 0 Å². The predicted molar refractivity (Wildman–Crippen MR) is 70.0 cm³/mol. The third kappa shape index (κ3) is 7.24. The van der Waals surface area contributed by atoms with E-state index in [0.717, 1.165) is 0 Å². The van der Waals surface area contributed by atoms with Crippen molar-refractivity contribution in [2.24, 2.45) is 11.7 Å². The van der Waals surface area contributed by atoms with E-state index in [1.807, 2.05) is 20.9 Å². The van der Waals surface area contributed by atoms with Gasteiger partial charge in [-0.3, -0.25) is 9.69 Å². The molecular weight excluding hydrogens is 234 g/mol. The number of esters is 1. The highest BCUT2D eigenvalue weighted by atomic mass is 16.5. The number of ether oxygens (including phenoxy) is 1. The second-order valence-corrected chi connectivity index (χ2v) is 4.80. The summed E-state index contributed by atoms with van der Waals surface area (Å²) in [6.07, 6.45) is 0.568. The largest absolute Gasteiger partial charge is 0.467 e. The number of hydrogen-bond acceptors (Lipinski definition) is 5. The summed E-state index contributed by atoms with van der Waals surface area (Å²) in [6, 6.07) is -0.575. The number of likely N-dealkylation sites (N-methyl/N-ethyl adjacent to an activating group) is 1. The average Bonchev–Trinajstić information content (AvgIpc) is 2.26. The summed E-state index contributed by atoms with van der Waals surface area (Å²) in [5.41, 5.74) is 5.39. The van der Waals surface area contributed by atoms with Gasteiger partial charge in [0.25, 0.3) is 0 Å². The van der Waals surface area contributed by atoms with E-state index in [4.69, 9.17) is 5.73 Å². The smallest absolute Gasteiger partial charge is 0.328 e. The van der Waals surface area contributed by atoms with Crippen LogP contribution in [0.2, 0.25) is 0 Å². The lowest BCUT2D eigenvalue weighted by Gasteiger charge is -2.20. The van der Waals surface area contributed by atoms with E-state index in [9.17, 15) is 9.59 Å². The first-order chi connectivity index (χ1) is 8.40. The molecule has 1 unspecified atom stereocenters. The van der Waals surface area contributed by atoms with Crippen LogP contribution in [0.5, 0.6) is 0 Å². The monoisotopic (exact) mass is 259 g/mol. The molecule has 0 aliphatic carbocycles. The lowest BCUT2D eigenvalue weighted by molar-refractivity contribution is -0.145. The fraction of sp³-hybridized carbons (Fsp3) is 0.833. The molecule has 0 aromatic rings. The molecule has 0 saturated carbocycles. The molecule has 0 aliphatic heterocycles. The Morgan fingerprint density at radius 1 is 1.39 bits per heavy atom. The van der Waals surface area contributed by atoms with Crippen LogP contribution in [-0.4, -0.2) is 56.6 Å². The molecular formula is C12H25N3O3. The highest BCUT2D eigenvalue weighted by Crippen LogP contribution is 2.06. The van der Waals surface area contributed by atoms with E-state index in [-0.39, 0.29) is 12.5 Å². The Morgan fingerprint density at radius 3 is 2.44 bits per heavy atom. The van der Waals surface area contributed by atoms with Crippen LogP contribution < -0.4 is 11.1 Å². The molecule has 0 rings (SSSR count). The van der Waals surface area contributed by atoms with Crippen molar-refractivity contribution < 1.29 is 14.3 Å². The normalized spacial score (nSPS) is 12.6. The molecule has 0 aromatic carbocycles. The number of nitrogens with zero attached hydrogens (tertiary/aromatic N) is 1. The SMILES string of the molecule is COC(=O)C(CC(C)C)NC(=O)CN(C)CCN. The van der Waals surface area contributed by atoms with E-state index in [0.29, 0.717) is 25.4 Å². The number of rotatable bonds is 8. The predicted octanol–water partition coefficient (Wildman–Crippen LogP) is -0.419. The summed E-state index contributed by atoms with van der Waals surface area (Å²) in [5.74, 6) is -0.295. The van der Waals surface area contributed by atoms with Crippen molar-refractivity contribution in [2.45, 2.75) is 26.3 Å². The first-order valence-electron chi connectivity index (χ1n) is 6.16. The maximum absolute atomic E-state index is 11.7. The number of hydrogen-bond donors (Lipinski definition) is 2. The number of nitrogens with one attached hydrogen (secondary N) is 1. The van der Waals surface area contributed by atoms with Crippen molar-refractivity contribution in [1.82, 2.24) is 10.2 Å². The van der Waals surface area contributed by atoms with Crippen LogP contribution in [0.3, 0.4) is 0 Å². The van der Waals surface area contributed by atoms with Gasteiger partial charge in [0.15, 0.2) is 0 Å². The van der Waals surface area contributed by atoms with Crippen LogP contribution in [0, 0.1) is 5.92 Å². The lowest BCUT2D eigenvalue weighted by atomic mass is 10.0. The van der Waals surface area contributed by atoms with E-state index in [2.05, 4.69) is 10.1 Å². The van der Waals surface area contributed by atoms with E-state index < -0.39 is 12.0 Å². The average molecular weight is 259 g/mol. The maximum atomic E-state index is 11.7. The van der Waals surface area contributed by atoms with Gasteiger partial charge < -0.3 is 15.8 Å². The molecule has 0 saturated heterocycles. The van der Waals surface area contributed by atoms with Gasteiger partial charge in [-0.05, 0) is 19.4 Å². The summed E-state index contributed by atoms with van der Waals surface area (Å²) in [6.45, 7) is 5.34. The molecule has 1 atom stereocenters. The molecule has 0 spiro atoms. The summed E-state index contributed by atoms with van der Waals surface area (Å²) >= 11 is 0. The van der Waals surface area contributed by atoms with Crippen molar-refractivity contribution in [2.75, 3.05) is 33.8 Å².